The predicted octanol–water partition coefficient (Wildman–Crippen LogP) is 4.50. The summed E-state index contributed by atoms with van der Waals surface area (Å²) in [6, 6.07) is 9.76. The Balaban J connectivity index is 2.57. The SMILES string of the molecule is C=Cc1cccc(CC[Si](C)(C)OC(C)C)c1. The fraction of sp³-hybridized carbons (Fsp3) is 0.467. The van der Waals surface area contributed by atoms with Crippen LogP contribution in [-0.2, 0) is 10.8 Å². The first-order chi connectivity index (χ1) is 7.93. The van der Waals surface area contributed by atoms with E-state index in [1.807, 2.05) is 6.08 Å². The summed E-state index contributed by atoms with van der Waals surface area (Å²) < 4.78 is 6.03. The van der Waals surface area contributed by atoms with Crippen molar-refractivity contribution in [2.75, 3.05) is 0 Å². The molecular formula is C15H24OSi. The van der Waals surface area contributed by atoms with Gasteiger partial charge in [-0.3, -0.25) is 0 Å². The van der Waals surface area contributed by atoms with Gasteiger partial charge in [0.1, 0.15) is 0 Å². The molecule has 1 rings (SSSR count). The molecule has 0 aromatic heterocycles. The molecule has 0 N–H and O–H groups in total. The molecule has 0 aliphatic heterocycles. The number of rotatable bonds is 6. The Morgan fingerprint density at radius 1 is 1.35 bits per heavy atom. The Morgan fingerprint density at radius 2 is 2.06 bits per heavy atom. The maximum absolute atomic E-state index is 6.03. The first kappa shape index (κ1) is 14.2. The number of aryl methyl sites for hydroxylation is 1. The highest BCUT2D eigenvalue weighted by atomic mass is 28.4. The smallest absolute Gasteiger partial charge is 0.187 e. The largest absolute Gasteiger partial charge is 0.415 e. The van der Waals surface area contributed by atoms with Crippen LogP contribution in [0.5, 0.6) is 0 Å². The lowest BCUT2D eigenvalue weighted by molar-refractivity contribution is 0.231. The molecule has 1 aromatic carbocycles. The summed E-state index contributed by atoms with van der Waals surface area (Å²) in [4.78, 5) is 0. The number of hydrogen-bond donors (Lipinski definition) is 0. The Hall–Kier alpha value is -0.863. The molecule has 0 atom stereocenters. The number of hydrogen-bond acceptors (Lipinski definition) is 1. The van der Waals surface area contributed by atoms with E-state index in [0.717, 1.165) is 6.42 Å². The van der Waals surface area contributed by atoms with Crippen molar-refractivity contribution in [2.24, 2.45) is 0 Å². The minimum Gasteiger partial charge on any atom is -0.415 e. The third-order valence-electron chi connectivity index (χ3n) is 2.76. The van der Waals surface area contributed by atoms with E-state index in [1.54, 1.807) is 0 Å². The summed E-state index contributed by atoms with van der Waals surface area (Å²) in [7, 11) is -1.50. The molecule has 0 radical (unpaired) electrons. The first-order valence-corrected chi connectivity index (χ1v) is 9.44. The lowest BCUT2D eigenvalue weighted by atomic mass is 10.1. The zero-order valence-corrected chi connectivity index (χ0v) is 12.5. The van der Waals surface area contributed by atoms with Crippen molar-refractivity contribution in [3.05, 3.63) is 42.0 Å². The van der Waals surface area contributed by atoms with Crippen LogP contribution in [-0.4, -0.2) is 14.4 Å². The molecule has 1 aromatic rings. The van der Waals surface area contributed by atoms with Crippen LogP contribution in [0.1, 0.15) is 25.0 Å². The van der Waals surface area contributed by atoms with Gasteiger partial charge in [-0.2, -0.15) is 0 Å². The lowest BCUT2D eigenvalue weighted by Gasteiger charge is -2.25. The van der Waals surface area contributed by atoms with Crippen molar-refractivity contribution in [3.8, 4) is 0 Å². The maximum Gasteiger partial charge on any atom is 0.187 e. The second-order valence-electron chi connectivity index (χ2n) is 5.38. The molecule has 0 amide bonds. The summed E-state index contributed by atoms with van der Waals surface area (Å²) >= 11 is 0. The summed E-state index contributed by atoms with van der Waals surface area (Å²) in [5.41, 5.74) is 2.59. The van der Waals surface area contributed by atoms with Gasteiger partial charge in [0.05, 0.1) is 0 Å². The molecule has 0 heterocycles. The first-order valence-electron chi connectivity index (χ1n) is 6.32. The van der Waals surface area contributed by atoms with E-state index < -0.39 is 8.32 Å². The second-order valence-corrected chi connectivity index (χ2v) is 9.63. The van der Waals surface area contributed by atoms with Crippen molar-refractivity contribution < 1.29 is 4.43 Å². The van der Waals surface area contributed by atoms with E-state index in [2.05, 4.69) is 57.8 Å². The molecule has 0 spiro atoms. The van der Waals surface area contributed by atoms with Crippen LogP contribution in [0.3, 0.4) is 0 Å². The molecule has 94 valence electrons. The molecular weight excluding hydrogens is 224 g/mol. The molecule has 0 fully saturated rings. The van der Waals surface area contributed by atoms with Crippen molar-refractivity contribution in [2.45, 2.75) is 45.5 Å². The lowest BCUT2D eigenvalue weighted by Crippen LogP contribution is -2.33. The van der Waals surface area contributed by atoms with Crippen molar-refractivity contribution in [1.29, 1.82) is 0 Å². The summed E-state index contributed by atoms with van der Waals surface area (Å²) in [5, 5.41) is 0. The quantitative estimate of drug-likeness (QED) is 0.673. The van der Waals surface area contributed by atoms with E-state index in [0.29, 0.717) is 6.10 Å². The highest BCUT2D eigenvalue weighted by Gasteiger charge is 2.23. The Bertz CT molecular complexity index is 369. The molecule has 0 saturated carbocycles. The van der Waals surface area contributed by atoms with Gasteiger partial charge < -0.3 is 4.43 Å². The normalized spacial score (nSPS) is 11.8. The van der Waals surface area contributed by atoms with Crippen LogP contribution in [0, 0.1) is 0 Å². The van der Waals surface area contributed by atoms with Gasteiger partial charge in [-0.05, 0) is 50.5 Å². The van der Waals surface area contributed by atoms with Gasteiger partial charge in [0.15, 0.2) is 8.32 Å². The van der Waals surface area contributed by atoms with Crippen molar-refractivity contribution in [3.63, 3.8) is 0 Å². The summed E-state index contributed by atoms with van der Waals surface area (Å²) in [6.07, 6.45) is 3.35. The average Bonchev–Trinajstić information content (AvgIpc) is 2.25. The van der Waals surface area contributed by atoms with E-state index in [9.17, 15) is 0 Å². The highest BCUT2D eigenvalue weighted by Crippen LogP contribution is 2.18. The van der Waals surface area contributed by atoms with Gasteiger partial charge in [-0.25, -0.2) is 0 Å². The fourth-order valence-electron chi connectivity index (χ4n) is 2.02. The zero-order chi connectivity index (χ0) is 12.9. The van der Waals surface area contributed by atoms with Crippen LogP contribution >= 0.6 is 0 Å². The summed E-state index contributed by atoms with van der Waals surface area (Å²) in [5.74, 6) is 0. The third-order valence-corrected chi connectivity index (χ3v) is 5.32. The van der Waals surface area contributed by atoms with Crippen LogP contribution in [0.2, 0.25) is 19.1 Å². The average molecular weight is 248 g/mol. The predicted molar refractivity (Wildman–Crippen MR) is 78.7 cm³/mol. The standard InChI is InChI=1S/C15H24OSi/c1-6-14-8-7-9-15(12-14)10-11-17(4,5)16-13(2)3/h6-9,12-13H,1,10-11H2,2-5H3. The summed E-state index contributed by atoms with van der Waals surface area (Å²) in [6.45, 7) is 12.6. The van der Waals surface area contributed by atoms with Crippen LogP contribution in [0.15, 0.2) is 30.8 Å². The Kier molecular flexibility index (Phi) is 5.16. The van der Waals surface area contributed by atoms with E-state index in [-0.39, 0.29) is 0 Å². The van der Waals surface area contributed by atoms with E-state index >= 15 is 0 Å². The molecule has 0 saturated heterocycles. The van der Waals surface area contributed by atoms with Gasteiger partial charge >= 0.3 is 0 Å². The van der Waals surface area contributed by atoms with Gasteiger partial charge in [0.2, 0.25) is 0 Å². The maximum atomic E-state index is 6.03. The molecule has 0 unspecified atom stereocenters. The molecule has 0 aliphatic carbocycles. The van der Waals surface area contributed by atoms with Crippen LogP contribution < -0.4 is 0 Å². The highest BCUT2D eigenvalue weighted by molar-refractivity contribution is 6.71. The molecule has 17 heavy (non-hydrogen) atoms. The van der Waals surface area contributed by atoms with Crippen molar-refractivity contribution in [1.82, 2.24) is 0 Å². The molecule has 2 heteroatoms. The zero-order valence-electron chi connectivity index (χ0n) is 11.5. The fourth-order valence-corrected chi connectivity index (χ4v) is 4.30. The topological polar surface area (TPSA) is 9.23 Å². The van der Waals surface area contributed by atoms with E-state index in [1.165, 1.54) is 17.2 Å². The monoisotopic (exact) mass is 248 g/mol. The van der Waals surface area contributed by atoms with Gasteiger partial charge in [-0.1, -0.05) is 36.9 Å². The second kappa shape index (κ2) is 6.17. The molecule has 0 bridgehead atoms. The number of benzene rings is 1. The molecule has 1 nitrogen and oxygen atoms in total. The van der Waals surface area contributed by atoms with Gasteiger partial charge in [-0.15, -0.1) is 0 Å². The minimum absolute atomic E-state index is 0.344. The van der Waals surface area contributed by atoms with Crippen LogP contribution in [0.25, 0.3) is 6.08 Å². The Morgan fingerprint density at radius 3 is 2.65 bits per heavy atom. The Labute approximate surface area is 107 Å². The van der Waals surface area contributed by atoms with E-state index in [4.69, 9.17) is 4.43 Å². The third kappa shape index (κ3) is 5.33. The van der Waals surface area contributed by atoms with Gasteiger partial charge in [0, 0.05) is 6.10 Å². The van der Waals surface area contributed by atoms with Gasteiger partial charge in [0.25, 0.3) is 0 Å². The molecule has 0 aliphatic rings. The van der Waals surface area contributed by atoms with Crippen LogP contribution in [0.4, 0.5) is 0 Å². The van der Waals surface area contributed by atoms with Crippen molar-refractivity contribution >= 4 is 14.4 Å². The minimum atomic E-state index is -1.50.